The number of carbonyl (C=O) groups excluding carboxylic acids is 2. The van der Waals surface area contributed by atoms with Crippen molar-refractivity contribution in [2.75, 3.05) is 19.8 Å². The van der Waals surface area contributed by atoms with Gasteiger partial charge < -0.3 is 19.9 Å². The van der Waals surface area contributed by atoms with Crippen LogP contribution in [0, 0.1) is 17.0 Å². The lowest BCUT2D eigenvalue weighted by Crippen LogP contribution is -2.35. The number of hydrogen-bond acceptors (Lipinski definition) is 7. The fourth-order valence-electron chi connectivity index (χ4n) is 2.45. The molecule has 154 valence electrons. The van der Waals surface area contributed by atoms with E-state index in [1.54, 1.807) is 13.0 Å². The van der Waals surface area contributed by atoms with Crippen LogP contribution in [0.25, 0.3) is 0 Å². The second-order valence-electron chi connectivity index (χ2n) is 6.24. The van der Waals surface area contributed by atoms with Gasteiger partial charge in [-0.2, -0.15) is 0 Å². The summed E-state index contributed by atoms with van der Waals surface area (Å²) >= 11 is 0. The zero-order valence-electron chi connectivity index (χ0n) is 16.1. The molecular weight excluding hydrogens is 380 g/mol. The Morgan fingerprint density at radius 2 is 1.93 bits per heavy atom. The van der Waals surface area contributed by atoms with Crippen molar-refractivity contribution in [3.8, 4) is 5.75 Å². The minimum Gasteiger partial charge on any atom is -0.491 e. The molecule has 1 unspecified atom stereocenters. The van der Waals surface area contributed by atoms with Gasteiger partial charge in [-0.25, -0.2) is 4.79 Å². The third-order valence-corrected chi connectivity index (χ3v) is 3.83. The summed E-state index contributed by atoms with van der Waals surface area (Å²) in [5.41, 5.74) is 0.404. The first-order valence-electron chi connectivity index (χ1n) is 8.92. The number of nitrogens with zero attached hydrogens (tertiary/aromatic N) is 1. The summed E-state index contributed by atoms with van der Waals surface area (Å²) in [5, 5.41) is 23.6. The first-order valence-corrected chi connectivity index (χ1v) is 8.92. The van der Waals surface area contributed by atoms with Gasteiger partial charge in [-0.05, 0) is 37.6 Å². The van der Waals surface area contributed by atoms with Gasteiger partial charge in [0.05, 0.1) is 17.1 Å². The van der Waals surface area contributed by atoms with Crippen molar-refractivity contribution < 1.29 is 29.1 Å². The number of non-ortho nitro benzene ring substituents is 1. The van der Waals surface area contributed by atoms with Crippen LogP contribution in [0.5, 0.6) is 5.75 Å². The summed E-state index contributed by atoms with van der Waals surface area (Å²) in [4.78, 5) is 34.6. The molecule has 2 N–H and O–H groups in total. The quantitative estimate of drug-likeness (QED) is 0.374. The molecule has 0 aromatic heterocycles. The molecule has 9 heteroatoms. The number of nitro groups is 1. The van der Waals surface area contributed by atoms with Crippen LogP contribution >= 0.6 is 0 Å². The summed E-state index contributed by atoms with van der Waals surface area (Å²) in [6, 6.07) is 10.6. The Bertz CT molecular complexity index is 898. The lowest BCUT2D eigenvalue weighted by atomic mass is 10.1. The molecule has 2 rings (SSSR count). The molecular formula is C20H22N2O7. The fraction of sp³-hybridized carbons (Fsp3) is 0.300. The Balaban J connectivity index is 2.00. The average Bonchev–Trinajstić information content (AvgIpc) is 2.70. The Hall–Kier alpha value is -3.46. The molecule has 0 aliphatic heterocycles. The molecule has 0 heterocycles. The number of esters is 1. The molecule has 0 saturated carbocycles. The lowest BCUT2D eigenvalue weighted by molar-refractivity contribution is -0.384. The molecule has 1 atom stereocenters. The van der Waals surface area contributed by atoms with E-state index in [-0.39, 0.29) is 30.9 Å². The molecule has 0 aliphatic rings. The number of nitrogens with one attached hydrogen (secondary N) is 1. The molecule has 2 aromatic rings. The van der Waals surface area contributed by atoms with Crippen LogP contribution in [0.3, 0.4) is 0 Å². The van der Waals surface area contributed by atoms with E-state index in [1.807, 2.05) is 25.1 Å². The third kappa shape index (κ3) is 6.58. The highest BCUT2D eigenvalue weighted by Crippen LogP contribution is 2.18. The van der Waals surface area contributed by atoms with E-state index in [2.05, 4.69) is 5.32 Å². The van der Waals surface area contributed by atoms with Crippen molar-refractivity contribution in [2.24, 2.45) is 0 Å². The summed E-state index contributed by atoms with van der Waals surface area (Å²) in [6.07, 6.45) is -0.998. The first kappa shape index (κ1) is 21.8. The van der Waals surface area contributed by atoms with Crippen LogP contribution < -0.4 is 10.1 Å². The Morgan fingerprint density at radius 1 is 1.21 bits per heavy atom. The summed E-state index contributed by atoms with van der Waals surface area (Å²) in [7, 11) is 0. The highest BCUT2D eigenvalue weighted by atomic mass is 16.6. The largest absolute Gasteiger partial charge is 0.491 e. The number of hydrogen-bond donors (Lipinski definition) is 2. The summed E-state index contributed by atoms with van der Waals surface area (Å²) < 4.78 is 10.3. The van der Waals surface area contributed by atoms with Gasteiger partial charge >= 0.3 is 5.97 Å². The van der Waals surface area contributed by atoms with Crippen molar-refractivity contribution in [2.45, 2.75) is 20.0 Å². The van der Waals surface area contributed by atoms with Crippen LogP contribution in [0.2, 0.25) is 0 Å². The molecule has 0 spiro atoms. The van der Waals surface area contributed by atoms with Gasteiger partial charge in [-0.1, -0.05) is 12.1 Å². The van der Waals surface area contributed by atoms with Crippen LogP contribution in [0.1, 0.15) is 33.2 Å². The molecule has 29 heavy (non-hydrogen) atoms. The number of aliphatic hydroxyl groups excluding tert-OH is 1. The van der Waals surface area contributed by atoms with E-state index in [1.165, 1.54) is 6.07 Å². The van der Waals surface area contributed by atoms with E-state index in [0.717, 1.165) is 17.7 Å². The second kappa shape index (κ2) is 10.2. The van der Waals surface area contributed by atoms with Gasteiger partial charge in [0, 0.05) is 24.2 Å². The van der Waals surface area contributed by atoms with Crippen molar-refractivity contribution in [1.29, 1.82) is 0 Å². The maximum absolute atomic E-state index is 12.3. The molecule has 2 aromatic carbocycles. The standard InChI is InChI=1S/C20H22N2O7/c1-3-28-20(25)15-8-14(9-16(10-15)22(26)27)19(24)21-11-17(23)12-29-18-6-4-5-13(2)7-18/h4-10,17,23H,3,11-12H2,1-2H3,(H,21,24). The van der Waals surface area contributed by atoms with Crippen LogP contribution in [0.15, 0.2) is 42.5 Å². The molecule has 1 amide bonds. The Kier molecular flexibility index (Phi) is 7.67. The van der Waals surface area contributed by atoms with Crippen molar-refractivity contribution >= 4 is 17.6 Å². The Labute approximate surface area is 167 Å². The summed E-state index contributed by atoms with van der Waals surface area (Å²) in [5.74, 6) is -0.848. The predicted octanol–water partition coefficient (Wildman–Crippen LogP) is 2.25. The minimum absolute atomic E-state index is 0.0489. The van der Waals surface area contributed by atoms with E-state index in [0.29, 0.717) is 5.75 Å². The Morgan fingerprint density at radius 3 is 2.59 bits per heavy atom. The van der Waals surface area contributed by atoms with Gasteiger partial charge in [0.2, 0.25) is 0 Å². The zero-order valence-corrected chi connectivity index (χ0v) is 16.1. The maximum atomic E-state index is 12.3. The number of aliphatic hydroxyl groups is 1. The van der Waals surface area contributed by atoms with Crippen LogP contribution in [-0.2, 0) is 4.74 Å². The van der Waals surface area contributed by atoms with Crippen molar-refractivity contribution in [3.63, 3.8) is 0 Å². The average molecular weight is 402 g/mol. The first-order chi connectivity index (χ1) is 13.8. The van der Waals surface area contributed by atoms with Crippen LogP contribution in [0.4, 0.5) is 5.69 Å². The number of aryl methyl sites for hydroxylation is 1. The number of carbonyl (C=O) groups is 2. The van der Waals surface area contributed by atoms with Crippen molar-refractivity contribution in [1.82, 2.24) is 5.32 Å². The number of rotatable bonds is 9. The topological polar surface area (TPSA) is 128 Å². The van der Waals surface area contributed by atoms with Crippen LogP contribution in [-0.4, -0.2) is 47.8 Å². The molecule has 0 fully saturated rings. The fourth-order valence-corrected chi connectivity index (χ4v) is 2.45. The van der Waals surface area contributed by atoms with Crippen molar-refractivity contribution in [3.05, 3.63) is 69.3 Å². The predicted molar refractivity (Wildman–Crippen MR) is 104 cm³/mol. The van der Waals surface area contributed by atoms with Gasteiger partial charge in [0.25, 0.3) is 11.6 Å². The SMILES string of the molecule is CCOC(=O)c1cc(C(=O)NCC(O)COc2cccc(C)c2)cc([N+](=O)[O-])c1. The number of amides is 1. The summed E-state index contributed by atoms with van der Waals surface area (Å²) in [6.45, 7) is 3.42. The molecule has 0 aliphatic carbocycles. The molecule has 0 saturated heterocycles. The van der Waals surface area contributed by atoms with Gasteiger partial charge in [-0.15, -0.1) is 0 Å². The molecule has 9 nitrogen and oxygen atoms in total. The maximum Gasteiger partial charge on any atom is 0.338 e. The van der Waals surface area contributed by atoms with E-state index in [4.69, 9.17) is 9.47 Å². The van der Waals surface area contributed by atoms with E-state index < -0.39 is 28.6 Å². The minimum atomic E-state index is -0.998. The highest BCUT2D eigenvalue weighted by molar-refractivity contribution is 5.99. The lowest BCUT2D eigenvalue weighted by Gasteiger charge is -2.14. The smallest absolute Gasteiger partial charge is 0.338 e. The normalized spacial score (nSPS) is 11.4. The van der Waals surface area contributed by atoms with E-state index in [9.17, 15) is 24.8 Å². The monoisotopic (exact) mass is 402 g/mol. The second-order valence-corrected chi connectivity index (χ2v) is 6.24. The van der Waals surface area contributed by atoms with E-state index >= 15 is 0 Å². The number of benzene rings is 2. The molecule has 0 bridgehead atoms. The van der Waals surface area contributed by atoms with Gasteiger partial charge in [0.1, 0.15) is 18.5 Å². The zero-order chi connectivity index (χ0) is 21.4. The number of nitro benzene ring substituents is 1. The number of ether oxygens (including phenoxy) is 2. The third-order valence-electron chi connectivity index (χ3n) is 3.83. The van der Waals surface area contributed by atoms with Gasteiger partial charge in [-0.3, -0.25) is 14.9 Å². The highest BCUT2D eigenvalue weighted by Gasteiger charge is 2.19. The molecule has 0 radical (unpaired) electrons. The van der Waals surface area contributed by atoms with Gasteiger partial charge in [0.15, 0.2) is 0 Å².